The van der Waals surface area contributed by atoms with Crippen LogP contribution >= 0.6 is 0 Å². The van der Waals surface area contributed by atoms with Crippen molar-refractivity contribution >= 4 is 16.9 Å². The van der Waals surface area contributed by atoms with Gasteiger partial charge < -0.3 is 14.4 Å². The SMILES string of the molecule is COc1cc2nc(N3CCc4cccc(F)c4C3)[nH]c(=O)c2cc1OC. The van der Waals surface area contributed by atoms with Gasteiger partial charge in [-0.2, -0.15) is 0 Å². The van der Waals surface area contributed by atoms with Crippen LogP contribution in [0, 0.1) is 5.82 Å². The van der Waals surface area contributed by atoms with E-state index >= 15 is 0 Å². The highest BCUT2D eigenvalue weighted by Crippen LogP contribution is 2.31. The Bertz CT molecular complexity index is 1050. The molecule has 0 bridgehead atoms. The topological polar surface area (TPSA) is 67.5 Å². The van der Waals surface area contributed by atoms with E-state index in [2.05, 4.69) is 9.97 Å². The first-order valence-electron chi connectivity index (χ1n) is 8.28. The van der Waals surface area contributed by atoms with Crippen LogP contribution in [-0.4, -0.2) is 30.7 Å². The van der Waals surface area contributed by atoms with Gasteiger partial charge in [-0.15, -0.1) is 0 Å². The highest BCUT2D eigenvalue weighted by molar-refractivity contribution is 5.82. The molecular formula is C19H18FN3O3. The van der Waals surface area contributed by atoms with Crippen LogP contribution in [0.25, 0.3) is 10.9 Å². The van der Waals surface area contributed by atoms with E-state index < -0.39 is 0 Å². The van der Waals surface area contributed by atoms with Gasteiger partial charge in [0, 0.05) is 24.7 Å². The Balaban J connectivity index is 1.78. The first kappa shape index (κ1) is 16.4. The third-order valence-electron chi connectivity index (χ3n) is 4.71. The summed E-state index contributed by atoms with van der Waals surface area (Å²) in [4.78, 5) is 21.8. The van der Waals surface area contributed by atoms with Gasteiger partial charge in [0.2, 0.25) is 5.95 Å². The maximum absolute atomic E-state index is 14.1. The van der Waals surface area contributed by atoms with E-state index in [0.29, 0.717) is 53.4 Å². The van der Waals surface area contributed by atoms with Crippen LogP contribution in [0.4, 0.5) is 10.3 Å². The fourth-order valence-corrected chi connectivity index (χ4v) is 3.32. The van der Waals surface area contributed by atoms with Gasteiger partial charge in [-0.05, 0) is 24.1 Å². The van der Waals surface area contributed by atoms with E-state index in [0.717, 1.165) is 5.56 Å². The van der Waals surface area contributed by atoms with Crippen molar-refractivity contribution in [2.45, 2.75) is 13.0 Å². The third-order valence-corrected chi connectivity index (χ3v) is 4.71. The van der Waals surface area contributed by atoms with E-state index in [4.69, 9.17) is 9.47 Å². The van der Waals surface area contributed by atoms with Crippen LogP contribution < -0.4 is 19.9 Å². The highest BCUT2D eigenvalue weighted by Gasteiger charge is 2.22. The zero-order chi connectivity index (χ0) is 18.3. The molecule has 3 aromatic rings. The molecule has 4 rings (SSSR count). The molecule has 0 spiro atoms. The summed E-state index contributed by atoms with van der Waals surface area (Å²) in [6.45, 7) is 1.02. The number of aromatic amines is 1. The summed E-state index contributed by atoms with van der Waals surface area (Å²) in [6.07, 6.45) is 0.695. The molecule has 0 atom stereocenters. The normalized spacial score (nSPS) is 13.6. The molecule has 1 N–H and O–H groups in total. The summed E-state index contributed by atoms with van der Waals surface area (Å²) in [5, 5.41) is 0.412. The van der Waals surface area contributed by atoms with E-state index in [1.165, 1.54) is 20.3 Å². The summed E-state index contributed by atoms with van der Waals surface area (Å²) < 4.78 is 24.7. The number of hydrogen-bond acceptors (Lipinski definition) is 5. The number of benzene rings is 2. The molecule has 1 aliphatic rings. The predicted octanol–water partition coefficient (Wildman–Crippen LogP) is 2.64. The van der Waals surface area contributed by atoms with Crippen molar-refractivity contribution in [1.29, 1.82) is 0 Å². The number of hydrogen-bond donors (Lipinski definition) is 1. The largest absolute Gasteiger partial charge is 0.493 e. The van der Waals surface area contributed by atoms with Crippen molar-refractivity contribution in [3.8, 4) is 11.5 Å². The maximum Gasteiger partial charge on any atom is 0.260 e. The predicted molar refractivity (Wildman–Crippen MR) is 96.6 cm³/mol. The molecule has 6 nitrogen and oxygen atoms in total. The molecule has 26 heavy (non-hydrogen) atoms. The average Bonchev–Trinajstić information content (AvgIpc) is 2.67. The van der Waals surface area contributed by atoms with E-state index in [-0.39, 0.29) is 11.4 Å². The zero-order valence-electron chi connectivity index (χ0n) is 14.5. The van der Waals surface area contributed by atoms with Crippen LogP contribution in [0.3, 0.4) is 0 Å². The number of aromatic nitrogens is 2. The second-order valence-corrected chi connectivity index (χ2v) is 6.16. The number of anilines is 1. The molecule has 0 unspecified atom stereocenters. The minimum Gasteiger partial charge on any atom is -0.493 e. The molecule has 134 valence electrons. The molecule has 0 aliphatic carbocycles. The van der Waals surface area contributed by atoms with Crippen LogP contribution in [-0.2, 0) is 13.0 Å². The van der Waals surface area contributed by atoms with Crippen molar-refractivity contribution in [1.82, 2.24) is 9.97 Å². The Labute approximate surface area is 149 Å². The molecule has 0 saturated carbocycles. The van der Waals surface area contributed by atoms with Crippen LogP contribution in [0.5, 0.6) is 11.5 Å². The second kappa shape index (κ2) is 6.33. The lowest BCUT2D eigenvalue weighted by molar-refractivity contribution is 0.355. The molecule has 1 aliphatic heterocycles. The zero-order valence-corrected chi connectivity index (χ0v) is 14.5. The number of rotatable bonds is 3. The van der Waals surface area contributed by atoms with Crippen molar-refractivity contribution in [2.75, 3.05) is 25.7 Å². The molecule has 0 amide bonds. The van der Waals surface area contributed by atoms with Crippen LogP contribution in [0.15, 0.2) is 35.1 Å². The number of nitrogens with one attached hydrogen (secondary N) is 1. The average molecular weight is 355 g/mol. The quantitative estimate of drug-likeness (QED) is 0.782. The lowest BCUT2D eigenvalue weighted by atomic mass is 9.99. The highest BCUT2D eigenvalue weighted by atomic mass is 19.1. The first-order chi connectivity index (χ1) is 12.6. The number of ether oxygens (including phenoxy) is 2. The smallest absolute Gasteiger partial charge is 0.260 e. The second-order valence-electron chi connectivity index (χ2n) is 6.16. The van der Waals surface area contributed by atoms with Crippen molar-refractivity contribution < 1.29 is 13.9 Å². The number of nitrogens with zero attached hydrogens (tertiary/aromatic N) is 2. The van der Waals surface area contributed by atoms with Gasteiger partial charge in [0.05, 0.1) is 25.1 Å². The van der Waals surface area contributed by atoms with Gasteiger partial charge in [0.25, 0.3) is 5.56 Å². The Morgan fingerprint density at radius 2 is 1.96 bits per heavy atom. The lowest BCUT2D eigenvalue weighted by Gasteiger charge is -2.29. The molecule has 7 heteroatoms. The van der Waals surface area contributed by atoms with Gasteiger partial charge in [-0.3, -0.25) is 9.78 Å². The molecule has 2 heterocycles. The number of H-pyrrole nitrogens is 1. The van der Waals surface area contributed by atoms with E-state index in [1.807, 2.05) is 11.0 Å². The summed E-state index contributed by atoms with van der Waals surface area (Å²) in [6, 6.07) is 8.39. The van der Waals surface area contributed by atoms with Gasteiger partial charge in [-0.25, -0.2) is 9.37 Å². The third kappa shape index (κ3) is 2.65. The fourth-order valence-electron chi connectivity index (χ4n) is 3.32. The van der Waals surface area contributed by atoms with Gasteiger partial charge in [0.15, 0.2) is 11.5 Å². The van der Waals surface area contributed by atoms with Crippen LogP contribution in [0.1, 0.15) is 11.1 Å². The van der Waals surface area contributed by atoms with E-state index in [9.17, 15) is 9.18 Å². The monoisotopic (exact) mass is 355 g/mol. The first-order valence-corrected chi connectivity index (χ1v) is 8.28. The molecule has 1 aromatic heterocycles. The maximum atomic E-state index is 14.1. The number of methoxy groups -OCH3 is 2. The Morgan fingerprint density at radius 1 is 1.19 bits per heavy atom. The summed E-state index contributed by atoms with van der Waals surface area (Å²) in [5.74, 6) is 1.15. The van der Waals surface area contributed by atoms with Crippen LogP contribution in [0.2, 0.25) is 0 Å². The molecular weight excluding hydrogens is 337 g/mol. The molecule has 0 saturated heterocycles. The Hall–Kier alpha value is -3.09. The molecule has 0 radical (unpaired) electrons. The lowest BCUT2D eigenvalue weighted by Crippen LogP contribution is -2.33. The van der Waals surface area contributed by atoms with Crippen molar-refractivity contribution in [2.24, 2.45) is 0 Å². The minimum atomic E-state index is -0.273. The summed E-state index contributed by atoms with van der Waals surface area (Å²) >= 11 is 0. The van der Waals surface area contributed by atoms with Gasteiger partial charge in [0.1, 0.15) is 5.82 Å². The van der Waals surface area contributed by atoms with Gasteiger partial charge >= 0.3 is 0 Å². The number of fused-ring (bicyclic) bond motifs is 2. The standard InChI is InChI=1S/C19H18FN3O3/c1-25-16-8-12-15(9-17(16)26-2)21-19(22-18(12)24)23-7-6-11-4-3-5-14(20)13(11)10-23/h3-5,8-9H,6-7,10H2,1-2H3,(H,21,22,24). The number of halogens is 1. The minimum absolute atomic E-state index is 0.234. The van der Waals surface area contributed by atoms with Crippen molar-refractivity contribution in [3.63, 3.8) is 0 Å². The fraction of sp³-hybridized carbons (Fsp3) is 0.263. The molecule has 0 fully saturated rings. The Kier molecular flexibility index (Phi) is 3.99. The summed E-state index contributed by atoms with van der Waals surface area (Å²) in [5.41, 5.74) is 1.87. The Morgan fingerprint density at radius 3 is 2.73 bits per heavy atom. The summed E-state index contributed by atoms with van der Waals surface area (Å²) in [7, 11) is 3.04. The van der Waals surface area contributed by atoms with Crippen molar-refractivity contribution in [3.05, 3.63) is 57.6 Å². The molecule has 2 aromatic carbocycles. The van der Waals surface area contributed by atoms with E-state index in [1.54, 1.807) is 18.2 Å². The van der Waals surface area contributed by atoms with Gasteiger partial charge in [-0.1, -0.05) is 12.1 Å².